The average Bonchev–Trinajstić information content (AvgIpc) is 3.13. The highest BCUT2D eigenvalue weighted by Gasteiger charge is 2.49. The quantitative estimate of drug-likeness (QED) is 0.911. The fourth-order valence-electron chi connectivity index (χ4n) is 3.27. The van der Waals surface area contributed by atoms with Gasteiger partial charge in [-0.3, -0.25) is 0 Å². The molecule has 21 heavy (non-hydrogen) atoms. The SMILES string of the molecule is CCNC1CCC2(CC1S(=O)(=O)c1cccs1)OCCO2. The second-order valence-corrected chi connectivity index (χ2v) is 8.87. The van der Waals surface area contributed by atoms with Crippen LogP contribution in [0, 0.1) is 0 Å². The Morgan fingerprint density at radius 2 is 2.19 bits per heavy atom. The van der Waals surface area contributed by atoms with Gasteiger partial charge in [0.05, 0.1) is 18.5 Å². The van der Waals surface area contributed by atoms with Crippen LogP contribution in [0.15, 0.2) is 21.7 Å². The Balaban J connectivity index is 1.90. The molecule has 2 fully saturated rings. The summed E-state index contributed by atoms with van der Waals surface area (Å²) in [6, 6.07) is 3.42. The van der Waals surface area contributed by atoms with E-state index in [1.165, 1.54) is 11.3 Å². The smallest absolute Gasteiger partial charge is 0.192 e. The van der Waals surface area contributed by atoms with Crippen LogP contribution in [-0.2, 0) is 19.3 Å². The van der Waals surface area contributed by atoms with Crippen LogP contribution in [0.3, 0.4) is 0 Å². The molecule has 2 atom stereocenters. The van der Waals surface area contributed by atoms with Crippen LogP contribution in [0.1, 0.15) is 26.2 Å². The highest BCUT2D eigenvalue weighted by Crippen LogP contribution is 2.40. The summed E-state index contributed by atoms with van der Waals surface area (Å²) in [6.45, 7) is 3.87. The van der Waals surface area contributed by atoms with Crippen LogP contribution in [0.4, 0.5) is 0 Å². The highest BCUT2D eigenvalue weighted by atomic mass is 32.2. The van der Waals surface area contributed by atoms with E-state index in [0.29, 0.717) is 23.8 Å². The van der Waals surface area contributed by atoms with Crippen LogP contribution in [0.25, 0.3) is 0 Å². The summed E-state index contributed by atoms with van der Waals surface area (Å²) < 4.78 is 37.8. The molecule has 1 N–H and O–H groups in total. The molecule has 1 aliphatic carbocycles. The molecule has 1 spiro atoms. The molecule has 2 unspecified atom stereocenters. The van der Waals surface area contributed by atoms with Gasteiger partial charge < -0.3 is 14.8 Å². The Labute approximate surface area is 129 Å². The van der Waals surface area contributed by atoms with Crippen molar-refractivity contribution in [1.29, 1.82) is 0 Å². The Kier molecular flexibility index (Phi) is 4.38. The predicted molar refractivity (Wildman–Crippen MR) is 81.2 cm³/mol. The lowest BCUT2D eigenvalue weighted by Gasteiger charge is -2.40. The van der Waals surface area contributed by atoms with Gasteiger partial charge in [0.15, 0.2) is 15.6 Å². The maximum absolute atomic E-state index is 12.9. The third-order valence-corrected chi connectivity index (χ3v) is 7.89. The third kappa shape index (κ3) is 2.90. The van der Waals surface area contributed by atoms with E-state index >= 15 is 0 Å². The molecule has 1 aromatic heterocycles. The van der Waals surface area contributed by atoms with Crippen LogP contribution in [0.5, 0.6) is 0 Å². The maximum Gasteiger partial charge on any atom is 0.192 e. The van der Waals surface area contributed by atoms with Crippen molar-refractivity contribution in [3.8, 4) is 0 Å². The molecule has 1 saturated carbocycles. The molecular formula is C14H21NO4S2. The van der Waals surface area contributed by atoms with Crippen molar-refractivity contribution in [3.05, 3.63) is 17.5 Å². The van der Waals surface area contributed by atoms with E-state index in [1.54, 1.807) is 17.5 Å². The van der Waals surface area contributed by atoms with E-state index in [0.717, 1.165) is 19.4 Å². The molecular weight excluding hydrogens is 310 g/mol. The minimum atomic E-state index is -3.36. The normalized spacial score (nSPS) is 29.0. The standard InChI is InChI=1S/C14H21NO4S2/c1-2-15-11-5-6-14(18-7-8-19-14)10-12(11)21(16,17)13-4-3-9-20-13/h3-4,9,11-12,15H,2,5-8,10H2,1H3. The second kappa shape index (κ2) is 5.96. The molecule has 1 aliphatic heterocycles. The Bertz CT molecular complexity index is 564. The fraction of sp³-hybridized carbons (Fsp3) is 0.714. The van der Waals surface area contributed by atoms with Crippen molar-refractivity contribution in [3.63, 3.8) is 0 Å². The van der Waals surface area contributed by atoms with Crippen LogP contribution in [0.2, 0.25) is 0 Å². The van der Waals surface area contributed by atoms with Crippen LogP contribution < -0.4 is 5.32 Å². The summed E-state index contributed by atoms with van der Waals surface area (Å²) in [5, 5.41) is 4.63. The van der Waals surface area contributed by atoms with Crippen molar-refractivity contribution in [2.24, 2.45) is 0 Å². The number of rotatable bonds is 4. The summed E-state index contributed by atoms with van der Waals surface area (Å²) in [5.74, 6) is -0.694. The Morgan fingerprint density at radius 1 is 1.43 bits per heavy atom. The highest BCUT2D eigenvalue weighted by molar-refractivity contribution is 7.94. The first kappa shape index (κ1) is 15.4. The zero-order chi connectivity index (χ0) is 14.9. The second-order valence-electron chi connectivity index (χ2n) is 5.53. The van der Waals surface area contributed by atoms with Gasteiger partial charge in [0, 0.05) is 18.9 Å². The topological polar surface area (TPSA) is 64.6 Å². The van der Waals surface area contributed by atoms with Gasteiger partial charge in [0.2, 0.25) is 0 Å². The summed E-state index contributed by atoms with van der Waals surface area (Å²) in [7, 11) is -3.36. The fourth-order valence-corrected chi connectivity index (χ4v) is 6.49. The van der Waals surface area contributed by atoms with Crippen molar-refractivity contribution in [2.75, 3.05) is 19.8 Å². The molecule has 1 saturated heterocycles. The predicted octanol–water partition coefficient (Wildman–Crippen LogP) is 1.80. The molecule has 3 rings (SSSR count). The molecule has 7 heteroatoms. The van der Waals surface area contributed by atoms with E-state index in [4.69, 9.17) is 9.47 Å². The minimum Gasteiger partial charge on any atom is -0.347 e. The molecule has 5 nitrogen and oxygen atoms in total. The summed E-state index contributed by atoms with van der Waals surface area (Å²) in [4.78, 5) is 0. The minimum absolute atomic E-state index is 0.0412. The lowest BCUT2D eigenvalue weighted by atomic mass is 9.89. The first-order valence-electron chi connectivity index (χ1n) is 7.36. The van der Waals surface area contributed by atoms with Gasteiger partial charge in [-0.25, -0.2) is 8.42 Å². The zero-order valence-electron chi connectivity index (χ0n) is 12.1. The van der Waals surface area contributed by atoms with Crippen LogP contribution in [-0.4, -0.2) is 45.3 Å². The van der Waals surface area contributed by atoms with Crippen molar-refractivity contribution in [2.45, 2.75) is 47.5 Å². The Hall–Kier alpha value is -0.470. The first-order chi connectivity index (χ1) is 10.1. The van der Waals surface area contributed by atoms with Gasteiger partial charge in [-0.2, -0.15) is 0 Å². The van der Waals surface area contributed by atoms with Crippen LogP contribution >= 0.6 is 11.3 Å². The van der Waals surface area contributed by atoms with E-state index in [2.05, 4.69) is 5.32 Å². The number of nitrogens with one attached hydrogen (secondary N) is 1. The third-order valence-electron chi connectivity index (χ3n) is 4.25. The molecule has 0 bridgehead atoms. The average molecular weight is 331 g/mol. The molecule has 2 aliphatic rings. The van der Waals surface area contributed by atoms with Gasteiger partial charge >= 0.3 is 0 Å². The van der Waals surface area contributed by atoms with E-state index in [-0.39, 0.29) is 6.04 Å². The van der Waals surface area contributed by atoms with Gasteiger partial charge in [0.1, 0.15) is 4.21 Å². The van der Waals surface area contributed by atoms with Crippen molar-refractivity contribution < 1.29 is 17.9 Å². The molecule has 2 heterocycles. The largest absolute Gasteiger partial charge is 0.347 e. The molecule has 1 aromatic rings. The molecule has 0 amide bonds. The van der Waals surface area contributed by atoms with Gasteiger partial charge in [-0.05, 0) is 24.4 Å². The van der Waals surface area contributed by atoms with Gasteiger partial charge in [-0.1, -0.05) is 13.0 Å². The van der Waals surface area contributed by atoms with Gasteiger partial charge in [-0.15, -0.1) is 11.3 Å². The summed E-state index contributed by atoms with van der Waals surface area (Å²) >= 11 is 1.28. The lowest BCUT2D eigenvalue weighted by molar-refractivity contribution is -0.178. The number of thiophene rings is 1. The molecule has 0 aromatic carbocycles. The summed E-state index contributed by atoms with van der Waals surface area (Å²) in [5.41, 5.74) is 0. The zero-order valence-corrected chi connectivity index (χ0v) is 13.7. The van der Waals surface area contributed by atoms with E-state index < -0.39 is 20.9 Å². The maximum atomic E-state index is 12.9. The van der Waals surface area contributed by atoms with E-state index in [1.807, 2.05) is 6.92 Å². The number of sulfone groups is 1. The first-order valence-corrected chi connectivity index (χ1v) is 9.79. The number of ether oxygens (including phenoxy) is 2. The molecule has 118 valence electrons. The van der Waals surface area contributed by atoms with Crippen molar-refractivity contribution in [1.82, 2.24) is 5.32 Å². The summed E-state index contributed by atoms with van der Waals surface area (Å²) in [6.07, 6.45) is 1.91. The lowest BCUT2D eigenvalue weighted by Crippen LogP contribution is -2.53. The van der Waals surface area contributed by atoms with E-state index in [9.17, 15) is 8.42 Å². The Morgan fingerprint density at radius 3 is 2.81 bits per heavy atom. The van der Waals surface area contributed by atoms with Gasteiger partial charge in [0.25, 0.3) is 0 Å². The van der Waals surface area contributed by atoms with Crippen molar-refractivity contribution >= 4 is 21.2 Å². The molecule has 0 radical (unpaired) electrons. The number of hydrogen-bond donors (Lipinski definition) is 1. The monoisotopic (exact) mass is 331 g/mol. The number of hydrogen-bond acceptors (Lipinski definition) is 6.